The quantitative estimate of drug-likeness (QED) is 0.752. The summed E-state index contributed by atoms with van der Waals surface area (Å²) in [6, 6.07) is 0.494. The zero-order valence-electron chi connectivity index (χ0n) is 12.0. The van der Waals surface area contributed by atoms with Crippen LogP contribution in [0.3, 0.4) is 0 Å². The molecule has 3 nitrogen and oxygen atoms in total. The lowest BCUT2D eigenvalue weighted by Crippen LogP contribution is -2.31. The minimum atomic E-state index is 0.494. The fraction of sp³-hybridized carbons (Fsp3) is 0.786. The highest BCUT2D eigenvalue weighted by molar-refractivity contribution is 6.30. The highest BCUT2D eigenvalue weighted by Gasteiger charge is 2.12. The Morgan fingerprint density at radius 2 is 2.06 bits per heavy atom. The molecule has 0 saturated carbocycles. The van der Waals surface area contributed by atoms with Crippen LogP contribution in [0.2, 0.25) is 5.15 Å². The first-order valence-corrected chi connectivity index (χ1v) is 7.42. The van der Waals surface area contributed by atoms with Crippen LogP contribution in [-0.2, 0) is 13.0 Å². The molecule has 104 valence electrons. The second-order valence-corrected chi connectivity index (χ2v) is 5.47. The molecule has 18 heavy (non-hydrogen) atoms. The molecule has 4 heteroatoms. The zero-order chi connectivity index (χ0) is 13.5. The molecule has 0 aliphatic carbocycles. The second kappa shape index (κ2) is 7.80. The van der Waals surface area contributed by atoms with Crippen molar-refractivity contribution in [3.8, 4) is 0 Å². The fourth-order valence-corrected chi connectivity index (χ4v) is 2.05. The van der Waals surface area contributed by atoms with E-state index in [2.05, 4.69) is 43.0 Å². The first-order chi connectivity index (χ1) is 8.58. The Morgan fingerprint density at radius 3 is 2.67 bits per heavy atom. The minimum absolute atomic E-state index is 0.494. The van der Waals surface area contributed by atoms with E-state index < -0.39 is 0 Å². The van der Waals surface area contributed by atoms with Gasteiger partial charge in [-0.3, -0.25) is 0 Å². The Hall–Kier alpha value is -0.540. The van der Waals surface area contributed by atoms with Crippen LogP contribution in [0.1, 0.15) is 58.5 Å². The number of H-pyrrole nitrogens is 1. The van der Waals surface area contributed by atoms with Crippen molar-refractivity contribution < 1.29 is 0 Å². The molecule has 2 atom stereocenters. The number of nitrogens with one attached hydrogen (secondary N) is 2. The van der Waals surface area contributed by atoms with Gasteiger partial charge in [-0.15, -0.1) is 0 Å². The number of halogens is 1. The van der Waals surface area contributed by atoms with E-state index in [0.29, 0.717) is 17.1 Å². The van der Waals surface area contributed by atoms with Crippen LogP contribution in [0.15, 0.2) is 0 Å². The largest absolute Gasteiger partial charge is 0.344 e. The van der Waals surface area contributed by atoms with Crippen molar-refractivity contribution in [1.29, 1.82) is 0 Å². The standard InChI is InChI=1S/C14H26ClN3/c1-5-7-8-13-17-12(14(15)18-13)9-16-11(4)10(3)6-2/h10-11,16H,5-9H2,1-4H3,(H,17,18). The molecule has 0 fully saturated rings. The molecule has 0 aliphatic rings. The Morgan fingerprint density at radius 1 is 1.33 bits per heavy atom. The second-order valence-electron chi connectivity index (χ2n) is 5.11. The Bertz CT molecular complexity index is 349. The first-order valence-electron chi connectivity index (χ1n) is 7.05. The predicted octanol–water partition coefficient (Wildman–Crippen LogP) is 3.93. The van der Waals surface area contributed by atoms with Crippen molar-refractivity contribution in [1.82, 2.24) is 15.3 Å². The molecule has 1 rings (SSSR count). The van der Waals surface area contributed by atoms with E-state index in [1.165, 1.54) is 12.8 Å². The molecule has 2 unspecified atom stereocenters. The van der Waals surface area contributed by atoms with Crippen LogP contribution in [0, 0.1) is 5.92 Å². The van der Waals surface area contributed by atoms with E-state index in [1.807, 2.05) is 0 Å². The van der Waals surface area contributed by atoms with Gasteiger partial charge in [0.2, 0.25) is 0 Å². The molecular weight excluding hydrogens is 246 g/mol. The average Bonchev–Trinajstić information content (AvgIpc) is 2.73. The maximum absolute atomic E-state index is 6.14. The Balaban J connectivity index is 2.49. The van der Waals surface area contributed by atoms with Crippen molar-refractivity contribution >= 4 is 11.6 Å². The number of hydrogen-bond acceptors (Lipinski definition) is 2. The van der Waals surface area contributed by atoms with Gasteiger partial charge in [-0.05, 0) is 19.3 Å². The minimum Gasteiger partial charge on any atom is -0.344 e. The van der Waals surface area contributed by atoms with Gasteiger partial charge in [-0.1, -0.05) is 45.2 Å². The predicted molar refractivity (Wildman–Crippen MR) is 78.0 cm³/mol. The van der Waals surface area contributed by atoms with Crippen molar-refractivity contribution in [3.63, 3.8) is 0 Å². The summed E-state index contributed by atoms with van der Waals surface area (Å²) < 4.78 is 0. The van der Waals surface area contributed by atoms with Crippen molar-refractivity contribution in [2.75, 3.05) is 0 Å². The summed E-state index contributed by atoms with van der Waals surface area (Å²) >= 11 is 6.14. The average molecular weight is 272 g/mol. The van der Waals surface area contributed by atoms with E-state index in [4.69, 9.17) is 11.6 Å². The SMILES string of the molecule is CCCCc1nc(Cl)c(CNC(C)C(C)CC)[nH]1. The maximum atomic E-state index is 6.14. The molecule has 0 radical (unpaired) electrons. The molecule has 0 spiro atoms. The van der Waals surface area contributed by atoms with Crippen LogP contribution in [0.4, 0.5) is 0 Å². The fourth-order valence-electron chi connectivity index (χ4n) is 1.84. The topological polar surface area (TPSA) is 40.7 Å². The monoisotopic (exact) mass is 271 g/mol. The molecule has 1 aromatic rings. The number of nitrogens with zero attached hydrogens (tertiary/aromatic N) is 1. The van der Waals surface area contributed by atoms with Gasteiger partial charge in [-0.2, -0.15) is 0 Å². The van der Waals surface area contributed by atoms with Gasteiger partial charge in [0.25, 0.3) is 0 Å². The Labute approximate surface area is 116 Å². The lowest BCUT2D eigenvalue weighted by molar-refractivity contribution is 0.388. The van der Waals surface area contributed by atoms with Crippen molar-refractivity contribution in [2.24, 2.45) is 5.92 Å². The van der Waals surface area contributed by atoms with E-state index in [1.54, 1.807) is 0 Å². The third-order valence-corrected chi connectivity index (χ3v) is 3.96. The Kier molecular flexibility index (Phi) is 6.72. The third kappa shape index (κ3) is 4.62. The maximum Gasteiger partial charge on any atom is 0.151 e. The van der Waals surface area contributed by atoms with Crippen LogP contribution < -0.4 is 5.32 Å². The zero-order valence-corrected chi connectivity index (χ0v) is 12.8. The molecule has 1 aromatic heterocycles. The molecule has 0 saturated heterocycles. The highest BCUT2D eigenvalue weighted by atomic mass is 35.5. The molecular formula is C14H26ClN3. The van der Waals surface area contributed by atoms with Gasteiger partial charge in [0.1, 0.15) is 5.82 Å². The molecule has 0 aromatic carbocycles. The molecule has 0 bridgehead atoms. The van der Waals surface area contributed by atoms with Gasteiger partial charge in [-0.25, -0.2) is 4.98 Å². The lowest BCUT2D eigenvalue weighted by atomic mass is 10.0. The van der Waals surface area contributed by atoms with Crippen LogP contribution in [0.5, 0.6) is 0 Å². The number of rotatable bonds is 8. The number of hydrogen-bond donors (Lipinski definition) is 2. The molecule has 1 heterocycles. The number of aryl methyl sites for hydroxylation is 1. The van der Waals surface area contributed by atoms with Crippen molar-refractivity contribution in [2.45, 2.75) is 66.0 Å². The number of imidazole rings is 1. The third-order valence-electron chi connectivity index (χ3n) is 3.64. The summed E-state index contributed by atoms with van der Waals surface area (Å²) in [5.41, 5.74) is 1.01. The van der Waals surface area contributed by atoms with Crippen LogP contribution >= 0.6 is 11.6 Å². The van der Waals surface area contributed by atoms with Gasteiger partial charge in [0.05, 0.1) is 5.69 Å². The number of aromatic nitrogens is 2. The molecule has 0 amide bonds. The van der Waals surface area contributed by atoms with Gasteiger partial charge >= 0.3 is 0 Å². The van der Waals surface area contributed by atoms with Crippen LogP contribution in [-0.4, -0.2) is 16.0 Å². The summed E-state index contributed by atoms with van der Waals surface area (Å²) in [4.78, 5) is 7.68. The molecule has 2 N–H and O–H groups in total. The molecule has 0 aliphatic heterocycles. The summed E-state index contributed by atoms with van der Waals surface area (Å²) in [5, 5.41) is 4.12. The van der Waals surface area contributed by atoms with Crippen molar-refractivity contribution in [3.05, 3.63) is 16.7 Å². The highest BCUT2D eigenvalue weighted by Crippen LogP contribution is 2.15. The number of aromatic amines is 1. The summed E-state index contributed by atoms with van der Waals surface area (Å²) in [7, 11) is 0. The van der Waals surface area contributed by atoms with E-state index in [-0.39, 0.29) is 0 Å². The van der Waals surface area contributed by atoms with Gasteiger partial charge < -0.3 is 10.3 Å². The summed E-state index contributed by atoms with van der Waals surface area (Å²) in [5.74, 6) is 1.68. The van der Waals surface area contributed by atoms with Gasteiger partial charge in [0.15, 0.2) is 5.15 Å². The smallest absolute Gasteiger partial charge is 0.151 e. The lowest BCUT2D eigenvalue weighted by Gasteiger charge is -2.19. The van der Waals surface area contributed by atoms with E-state index in [9.17, 15) is 0 Å². The first kappa shape index (κ1) is 15.5. The normalized spacial score (nSPS) is 14.7. The van der Waals surface area contributed by atoms with Crippen LogP contribution in [0.25, 0.3) is 0 Å². The van der Waals surface area contributed by atoms with E-state index in [0.717, 1.165) is 30.9 Å². The number of unbranched alkanes of at least 4 members (excludes halogenated alkanes) is 1. The summed E-state index contributed by atoms with van der Waals surface area (Å²) in [6.45, 7) is 9.65. The summed E-state index contributed by atoms with van der Waals surface area (Å²) in [6.07, 6.45) is 4.50. The van der Waals surface area contributed by atoms with Gasteiger partial charge in [0, 0.05) is 19.0 Å². The van der Waals surface area contributed by atoms with E-state index >= 15 is 0 Å².